The molecule has 0 aromatic rings. The van der Waals surface area contributed by atoms with Gasteiger partial charge in [-0.3, -0.25) is 0 Å². The van der Waals surface area contributed by atoms with Crippen LogP contribution in [0.2, 0.25) is 0 Å². The van der Waals surface area contributed by atoms with Crippen molar-refractivity contribution in [3.05, 3.63) is 0 Å². The standard InChI is InChI=1S/C12H24N2/c1-12(2)5-7-14(8-6-12)9-11(13)10-3-4-10/h10-11H,3-9,13H2,1-2H3. The Hall–Kier alpha value is -0.0800. The third-order valence-corrected chi connectivity index (χ3v) is 3.91. The highest BCUT2D eigenvalue weighted by molar-refractivity contribution is 4.88. The van der Waals surface area contributed by atoms with Gasteiger partial charge < -0.3 is 10.6 Å². The van der Waals surface area contributed by atoms with Crippen LogP contribution in [0.15, 0.2) is 0 Å². The van der Waals surface area contributed by atoms with Crippen molar-refractivity contribution in [1.82, 2.24) is 4.90 Å². The highest BCUT2D eigenvalue weighted by Crippen LogP contribution is 2.33. The van der Waals surface area contributed by atoms with E-state index in [4.69, 9.17) is 5.73 Å². The zero-order valence-corrected chi connectivity index (χ0v) is 9.63. The first-order valence-corrected chi connectivity index (χ1v) is 6.05. The number of rotatable bonds is 3. The summed E-state index contributed by atoms with van der Waals surface area (Å²) >= 11 is 0. The number of piperidine rings is 1. The van der Waals surface area contributed by atoms with E-state index in [1.54, 1.807) is 0 Å². The minimum Gasteiger partial charge on any atom is -0.326 e. The molecule has 2 N–H and O–H groups in total. The van der Waals surface area contributed by atoms with Crippen LogP contribution < -0.4 is 5.73 Å². The first-order chi connectivity index (χ1) is 6.57. The molecule has 1 saturated carbocycles. The number of hydrogen-bond acceptors (Lipinski definition) is 2. The number of nitrogens with zero attached hydrogens (tertiary/aromatic N) is 1. The molecule has 0 radical (unpaired) electrons. The fraction of sp³-hybridized carbons (Fsp3) is 1.00. The summed E-state index contributed by atoms with van der Waals surface area (Å²) in [5, 5.41) is 0. The molecule has 1 unspecified atom stereocenters. The van der Waals surface area contributed by atoms with Crippen LogP contribution in [0.1, 0.15) is 39.5 Å². The normalized spacial score (nSPS) is 30.2. The van der Waals surface area contributed by atoms with E-state index < -0.39 is 0 Å². The first-order valence-electron chi connectivity index (χ1n) is 6.05. The molecule has 0 bridgehead atoms. The SMILES string of the molecule is CC1(C)CCN(CC(N)C2CC2)CC1. The van der Waals surface area contributed by atoms with Gasteiger partial charge in [0.15, 0.2) is 0 Å². The van der Waals surface area contributed by atoms with Gasteiger partial charge in [0.2, 0.25) is 0 Å². The van der Waals surface area contributed by atoms with Gasteiger partial charge in [-0.2, -0.15) is 0 Å². The van der Waals surface area contributed by atoms with Crippen LogP contribution in [-0.2, 0) is 0 Å². The van der Waals surface area contributed by atoms with E-state index in [1.807, 2.05) is 0 Å². The van der Waals surface area contributed by atoms with Crippen molar-refractivity contribution in [2.75, 3.05) is 19.6 Å². The fourth-order valence-electron chi connectivity index (χ4n) is 2.31. The average molecular weight is 196 g/mol. The minimum atomic E-state index is 0.455. The van der Waals surface area contributed by atoms with E-state index >= 15 is 0 Å². The second-order valence-electron chi connectivity index (χ2n) is 5.97. The van der Waals surface area contributed by atoms with E-state index in [0.717, 1.165) is 12.5 Å². The van der Waals surface area contributed by atoms with Gasteiger partial charge >= 0.3 is 0 Å². The maximum absolute atomic E-state index is 6.14. The Labute approximate surface area is 87.8 Å². The summed E-state index contributed by atoms with van der Waals surface area (Å²) in [5.74, 6) is 0.852. The van der Waals surface area contributed by atoms with Gasteiger partial charge in [0.1, 0.15) is 0 Å². The molecular weight excluding hydrogens is 172 g/mol. The molecular formula is C12H24N2. The van der Waals surface area contributed by atoms with Crippen molar-refractivity contribution in [2.24, 2.45) is 17.1 Å². The van der Waals surface area contributed by atoms with Crippen molar-refractivity contribution in [1.29, 1.82) is 0 Å². The van der Waals surface area contributed by atoms with Crippen LogP contribution in [0.4, 0.5) is 0 Å². The Bertz CT molecular complexity index is 186. The van der Waals surface area contributed by atoms with Gasteiger partial charge in [-0.15, -0.1) is 0 Å². The van der Waals surface area contributed by atoms with E-state index in [2.05, 4.69) is 18.7 Å². The summed E-state index contributed by atoms with van der Waals surface area (Å²) in [4.78, 5) is 2.56. The molecule has 82 valence electrons. The summed E-state index contributed by atoms with van der Waals surface area (Å²) in [6, 6.07) is 0.455. The summed E-state index contributed by atoms with van der Waals surface area (Å²) in [5.41, 5.74) is 6.71. The Morgan fingerprint density at radius 3 is 2.36 bits per heavy atom. The van der Waals surface area contributed by atoms with Crippen molar-refractivity contribution in [2.45, 2.75) is 45.6 Å². The van der Waals surface area contributed by atoms with Gasteiger partial charge in [0.05, 0.1) is 0 Å². The van der Waals surface area contributed by atoms with Crippen molar-refractivity contribution < 1.29 is 0 Å². The van der Waals surface area contributed by atoms with Crippen LogP contribution in [-0.4, -0.2) is 30.6 Å². The maximum atomic E-state index is 6.14. The predicted octanol–water partition coefficient (Wildman–Crippen LogP) is 1.85. The van der Waals surface area contributed by atoms with E-state index in [0.29, 0.717) is 11.5 Å². The molecule has 0 amide bonds. The van der Waals surface area contributed by atoms with Crippen LogP contribution in [0.25, 0.3) is 0 Å². The van der Waals surface area contributed by atoms with Crippen molar-refractivity contribution in [3.8, 4) is 0 Å². The third-order valence-electron chi connectivity index (χ3n) is 3.91. The van der Waals surface area contributed by atoms with Gasteiger partial charge in [0.25, 0.3) is 0 Å². The molecule has 0 spiro atoms. The van der Waals surface area contributed by atoms with E-state index in [1.165, 1.54) is 38.8 Å². The zero-order valence-electron chi connectivity index (χ0n) is 9.63. The Balaban J connectivity index is 1.72. The van der Waals surface area contributed by atoms with Gasteiger partial charge in [-0.05, 0) is 50.1 Å². The largest absolute Gasteiger partial charge is 0.326 e. The first kappa shape index (κ1) is 10.4. The molecule has 2 fully saturated rings. The molecule has 1 saturated heterocycles. The van der Waals surface area contributed by atoms with Gasteiger partial charge in [-0.25, -0.2) is 0 Å². The maximum Gasteiger partial charge on any atom is 0.0196 e. The van der Waals surface area contributed by atoms with Crippen molar-refractivity contribution >= 4 is 0 Å². The van der Waals surface area contributed by atoms with Crippen LogP contribution in [0.3, 0.4) is 0 Å². The molecule has 1 atom stereocenters. The molecule has 1 aliphatic heterocycles. The second-order valence-corrected chi connectivity index (χ2v) is 5.97. The lowest BCUT2D eigenvalue weighted by Crippen LogP contribution is -2.44. The van der Waals surface area contributed by atoms with E-state index in [-0.39, 0.29) is 0 Å². The second kappa shape index (κ2) is 3.82. The summed E-state index contributed by atoms with van der Waals surface area (Å²) in [6.45, 7) is 8.41. The van der Waals surface area contributed by atoms with Crippen LogP contribution >= 0.6 is 0 Å². The predicted molar refractivity (Wildman–Crippen MR) is 60.2 cm³/mol. The number of nitrogens with two attached hydrogens (primary N) is 1. The molecule has 1 heterocycles. The highest BCUT2D eigenvalue weighted by Gasteiger charge is 2.31. The zero-order chi connectivity index (χ0) is 10.2. The lowest BCUT2D eigenvalue weighted by atomic mass is 9.82. The smallest absolute Gasteiger partial charge is 0.0196 e. The van der Waals surface area contributed by atoms with Gasteiger partial charge in [-0.1, -0.05) is 13.8 Å². The topological polar surface area (TPSA) is 29.3 Å². The monoisotopic (exact) mass is 196 g/mol. The molecule has 2 nitrogen and oxygen atoms in total. The van der Waals surface area contributed by atoms with Crippen LogP contribution in [0.5, 0.6) is 0 Å². The third kappa shape index (κ3) is 2.71. The molecule has 14 heavy (non-hydrogen) atoms. The highest BCUT2D eigenvalue weighted by atomic mass is 15.1. The fourth-order valence-corrected chi connectivity index (χ4v) is 2.31. The number of likely N-dealkylation sites (tertiary alicyclic amines) is 1. The van der Waals surface area contributed by atoms with Crippen molar-refractivity contribution in [3.63, 3.8) is 0 Å². The number of hydrogen-bond donors (Lipinski definition) is 1. The Kier molecular flexibility index (Phi) is 2.85. The summed E-state index contributed by atoms with van der Waals surface area (Å²) < 4.78 is 0. The van der Waals surface area contributed by atoms with Gasteiger partial charge in [0, 0.05) is 12.6 Å². The quantitative estimate of drug-likeness (QED) is 0.746. The molecule has 0 aromatic heterocycles. The Morgan fingerprint density at radius 2 is 1.86 bits per heavy atom. The summed E-state index contributed by atoms with van der Waals surface area (Å²) in [7, 11) is 0. The van der Waals surface area contributed by atoms with E-state index in [9.17, 15) is 0 Å². The molecule has 2 heteroatoms. The van der Waals surface area contributed by atoms with Crippen LogP contribution in [0, 0.1) is 11.3 Å². The molecule has 2 rings (SSSR count). The lowest BCUT2D eigenvalue weighted by Gasteiger charge is -2.38. The minimum absolute atomic E-state index is 0.455. The molecule has 1 aliphatic carbocycles. The lowest BCUT2D eigenvalue weighted by molar-refractivity contribution is 0.124. The molecule has 0 aromatic carbocycles. The Morgan fingerprint density at radius 1 is 1.29 bits per heavy atom. The molecule has 2 aliphatic rings. The summed E-state index contributed by atoms with van der Waals surface area (Å²) in [6.07, 6.45) is 5.43. The average Bonchev–Trinajstić information content (AvgIpc) is 2.91.